The molecular formula is C26H31NO5. The van der Waals surface area contributed by atoms with Crippen molar-refractivity contribution in [3.8, 4) is 11.1 Å². The number of rotatable bonds is 10. The molecule has 6 heteroatoms. The number of unbranched alkanes of at least 4 members (excludes halogenated alkanes) is 1. The molecule has 2 aromatic rings. The third-order valence-electron chi connectivity index (χ3n) is 6.52. The molecule has 1 heterocycles. The molecule has 2 aliphatic rings. The van der Waals surface area contributed by atoms with Gasteiger partial charge in [-0.15, -0.1) is 0 Å². The maximum atomic E-state index is 12.5. The predicted molar refractivity (Wildman–Crippen MR) is 122 cm³/mol. The minimum atomic E-state index is -0.926. The lowest BCUT2D eigenvalue weighted by molar-refractivity contribution is -0.152. The molecule has 0 radical (unpaired) electrons. The first kappa shape index (κ1) is 22.5. The zero-order valence-corrected chi connectivity index (χ0v) is 18.4. The van der Waals surface area contributed by atoms with E-state index in [1.165, 1.54) is 11.1 Å². The molecule has 170 valence electrons. The number of carboxylic acid groups (broad SMARTS) is 1. The molecular weight excluding hydrogens is 406 g/mol. The van der Waals surface area contributed by atoms with Crippen LogP contribution in [0.15, 0.2) is 48.5 Å². The molecule has 0 spiro atoms. The molecule has 1 atom stereocenters. The van der Waals surface area contributed by atoms with Crippen LogP contribution in [0.4, 0.5) is 0 Å². The Morgan fingerprint density at radius 2 is 1.62 bits per heavy atom. The first-order valence-electron chi connectivity index (χ1n) is 11.5. The highest BCUT2D eigenvalue weighted by Crippen LogP contribution is 2.44. The van der Waals surface area contributed by atoms with Gasteiger partial charge in [0, 0.05) is 19.0 Å². The Hall–Kier alpha value is -2.70. The van der Waals surface area contributed by atoms with Crippen molar-refractivity contribution in [2.45, 2.75) is 31.6 Å². The fourth-order valence-electron chi connectivity index (χ4n) is 4.74. The monoisotopic (exact) mass is 437 g/mol. The van der Waals surface area contributed by atoms with E-state index in [9.17, 15) is 14.7 Å². The minimum absolute atomic E-state index is 0.0110. The average Bonchev–Trinajstić information content (AvgIpc) is 3.14. The van der Waals surface area contributed by atoms with Crippen LogP contribution in [-0.4, -0.2) is 61.4 Å². The normalized spacial score (nSPS) is 16.9. The molecule has 1 aliphatic heterocycles. The Morgan fingerprint density at radius 3 is 2.25 bits per heavy atom. The Morgan fingerprint density at radius 1 is 1.00 bits per heavy atom. The summed E-state index contributed by atoms with van der Waals surface area (Å²) in [5.74, 6) is -2.07. The second kappa shape index (κ2) is 10.7. The van der Waals surface area contributed by atoms with Crippen LogP contribution < -0.4 is 0 Å². The number of ether oxygens (including phenoxy) is 2. The highest BCUT2D eigenvalue weighted by atomic mass is 16.5. The van der Waals surface area contributed by atoms with Crippen LogP contribution in [0.2, 0.25) is 0 Å². The topological polar surface area (TPSA) is 76.1 Å². The largest absolute Gasteiger partial charge is 0.481 e. The van der Waals surface area contributed by atoms with Crippen LogP contribution in [0.1, 0.15) is 42.7 Å². The van der Waals surface area contributed by atoms with E-state index in [2.05, 4.69) is 29.2 Å². The molecule has 0 amide bonds. The summed E-state index contributed by atoms with van der Waals surface area (Å²) in [4.78, 5) is 26.5. The van der Waals surface area contributed by atoms with Crippen molar-refractivity contribution in [2.75, 3.05) is 39.5 Å². The average molecular weight is 438 g/mol. The van der Waals surface area contributed by atoms with Crippen molar-refractivity contribution in [1.82, 2.24) is 4.90 Å². The summed E-state index contributed by atoms with van der Waals surface area (Å²) in [6, 6.07) is 16.3. The molecule has 4 rings (SSSR count). The molecule has 0 unspecified atom stereocenters. The molecule has 0 aromatic heterocycles. The Labute approximate surface area is 189 Å². The number of hydrogen-bond acceptors (Lipinski definition) is 5. The molecule has 1 aliphatic carbocycles. The van der Waals surface area contributed by atoms with Gasteiger partial charge in [-0.1, -0.05) is 55.0 Å². The van der Waals surface area contributed by atoms with Crippen molar-refractivity contribution in [3.05, 3.63) is 59.7 Å². The van der Waals surface area contributed by atoms with Crippen LogP contribution in [0.25, 0.3) is 11.1 Å². The van der Waals surface area contributed by atoms with Gasteiger partial charge in [-0.2, -0.15) is 0 Å². The number of hydrogen-bond donors (Lipinski definition) is 1. The van der Waals surface area contributed by atoms with E-state index in [-0.39, 0.29) is 18.9 Å². The number of fused-ring (bicyclic) bond motifs is 3. The van der Waals surface area contributed by atoms with Crippen molar-refractivity contribution >= 4 is 11.9 Å². The Kier molecular flexibility index (Phi) is 7.55. The lowest BCUT2D eigenvalue weighted by Crippen LogP contribution is -2.36. The maximum absolute atomic E-state index is 12.5. The van der Waals surface area contributed by atoms with Crippen molar-refractivity contribution in [1.29, 1.82) is 0 Å². The van der Waals surface area contributed by atoms with Gasteiger partial charge in [-0.3, -0.25) is 14.5 Å². The first-order chi connectivity index (χ1) is 15.6. The maximum Gasteiger partial charge on any atom is 0.307 e. The summed E-state index contributed by atoms with van der Waals surface area (Å²) in [5.41, 5.74) is 4.65. The molecule has 1 fully saturated rings. The second-order valence-corrected chi connectivity index (χ2v) is 8.60. The van der Waals surface area contributed by atoms with E-state index in [1.807, 2.05) is 24.3 Å². The minimum Gasteiger partial charge on any atom is -0.481 e. The first-order valence-corrected chi connectivity index (χ1v) is 11.5. The molecule has 32 heavy (non-hydrogen) atoms. The molecule has 1 N–H and O–H groups in total. The number of aliphatic carboxylic acids is 1. The summed E-state index contributed by atoms with van der Waals surface area (Å²) >= 11 is 0. The summed E-state index contributed by atoms with van der Waals surface area (Å²) in [6.45, 7) is 4.57. The predicted octanol–water partition coefficient (Wildman–Crippen LogP) is 3.94. The number of carbonyl (C=O) groups excluding carboxylic acids is 1. The SMILES string of the molecule is O=C(C[C@@H](CCCCN1CCOCC1)C(=O)O)OCC1c2ccccc2-c2ccccc21. The zero-order chi connectivity index (χ0) is 22.3. The fraction of sp³-hybridized carbons (Fsp3) is 0.462. The lowest BCUT2D eigenvalue weighted by Gasteiger charge is -2.26. The highest BCUT2D eigenvalue weighted by Gasteiger charge is 2.30. The third kappa shape index (κ3) is 5.37. The van der Waals surface area contributed by atoms with E-state index < -0.39 is 17.9 Å². The Bertz CT molecular complexity index is 892. The summed E-state index contributed by atoms with van der Waals surface area (Å²) in [6.07, 6.45) is 2.12. The van der Waals surface area contributed by atoms with Crippen LogP contribution >= 0.6 is 0 Å². The van der Waals surface area contributed by atoms with Gasteiger partial charge >= 0.3 is 11.9 Å². The van der Waals surface area contributed by atoms with Crippen LogP contribution in [0.5, 0.6) is 0 Å². The number of benzene rings is 2. The number of carbonyl (C=O) groups is 2. The number of morpholine rings is 1. The highest BCUT2D eigenvalue weighted by molar-refractivity contribution is 5.80. The van der Waals surface area contributed by atoms with Gasteiger partial charge in [0.25, 0.3) is 0 Å². The summed E-state index contributed by atoms with van der Waals surface area (Å²) < 4.78 is 10.9. The fourth-order valence-corrected chi connectivity index (χ4v) is 4.74. The smallest absolute Gasteiger partial charge is 0.307 e. The third-order valence-corrected chi connectivity index (χ3v) is 6.52. The van der Waals surface area contributed by atoms with Gasteiger partial charge < -0.3 is 14.6 Å². The van der Waals surface area contributed by atoms with E-state index in [4.69, 9.17) is 9.47 Å². The van der Waals surface area contributed by atoms with Crippen molar-refractivity contribution in [2.24, 2.45) is 5.92 Å². The molecule has 1 saturated heterocycles. The number of nitrogens with zero attached hydrogens (tertiary/aromatic N) is 1. The van der Waals surface area contributed by atoms with Gasteiger partial charge in [0.15, 0.2) is 0 Å². The molecule has 0 bridgehead atoms. The van der Waals surface area contributed by atoms with Crippen LogP contribution in [0.3, 0.4) is 0 Å². The quantitative estimate of drug-likeness (QED) is 0.448. The van der Waals surface area contributed by atoms with Gasteiger partial charge in [0.1, 0.15) is 6.61 Å². The van der Waals surface area contributed by atoms with E-state index in [0.29, 0.717) is 6.42 Å². The lowest BCUT2D eigenvalue weighted by atomic mass is 9.97. The van der Waals surface area contributed by atoms with E-state index in [0.717, 1.165) is 56.8 Å². The van der Waals surface area contributed by atoms with Gasteiger partial charge in [-0.25, -0.2) is 0 Å². The summed E-state index contributed by atoms with van der Waals surface area (Å²) in [5, 5.41) is 9.58. The molecule has 6 nitrogen and oxygen atoms in total. The van der Waals surface area contributed by atoms with Gasteiger partial charge in [-0.05, 0) is 41.6 Å². The standard InChI is InChI=1S/C26H31NO5/c28-25(17-19(26(29)30)7-5-6-12-27-13-15-31-16-14-27)32-18-24-22-10-3-1-8-20(22)21-9-2-4-11-23(21)24/h1-4,8-11,19,24H,5-7,12-18H2,(H,29,30)/t19-/m1/s1. The van der Waals surface area contributed by atoms with Crippen LogP contribution in [-0.2, 0) is 19.1 Å². The Balaban J connectivity index is 1.27. The number of esters is 1. The molecule has 0 saturated carbocycles. The van der Waals surface area contributed by atoms with Gasteiger partial charge in [0.2, 0.25) is 0 Å². The molecule has 2 aromatic carbocycles. The number of carboxylic acids is 1. The van der Waals surface area contributed by atoms with E-state index in [1.54, 1.807) is 0 Å². The van der Waals surface area contributed by atoms with Gasteiger partial charge in [0.05, 0.1) is 25.6 Å². The van der Waals surface area contributed by atoms with E-state index >= 15 is 0 Å². The zero-order valence-electron chi connectivity index (χ0n) is 18.4. The van der Waals surface area contributed by atoms with Crippen molar-refractivity contribution in [3.63, 3.8) is 0 Å². The van der Waals surface area contributed by atoms with Crippen molar-refractivity contribution < 1.29 is 24.2 Å². The second-order valence-electron chi connectivity index (χ2n) is 8.60. The summed E-state index contributed by atoms with van der Waals surface area (Å²) in [7, 11) is 0. The van der Waals surface area contributed by atoms with Crippen LogP contribution in [0, 0.1) is 5.92 Å².